The Hall–Kier alpha value is -1.84. The molecule has 102 valence electrons. The highest BCUT2D eigenvalue weighted by molar-refractivity contribution is 5.94. The van der Waals surface area contributed by atoms with Gasteiger partial charge in [-0.2, -0.15) is 0 Å². The zero-order chi connectivity index (χ0) is 14.0. The third-order valence-electron chi connectivity index (χ3n) is 3.49. The third-order valence-corrected chi connectivity index (χ3v) is 3.49. The standard InChI is InChI=1S/C15H20N2O2/c1-15(2,3)12-6-8-17(9-7-12)14(19)11-4-5-13(18)16-10-11/h4-6,10H,7-9H2,1-3H3,(H,16,18). The van der Waals surface area contributed by atoms with E-state index in [4.69, 9.17) is 0 Å². The molecule has 4 nitrogen and oxygen atoms in total. The van der Waals surface area contributed by atoms with Crippen molar-refractivity contribution < 1.29 is 4.79 Å². The number of carbonyl (C=O) groups is 1. The molecule has 0 aliphatic carbocycles. The molecule has 4 heteroatoms. The van der Waals surface area contributed by atoms with Crippen molar-refractivity contribution in [3.8, 4) is 0 Å². The van der Waals surface area contributed by atoms with Crippen molar-refractivity contribution >= 4 is 5.91 Å². The number of nitrogens with zero attached hydrogens (tertiary/aromatic N) is 1. The quantitative estimate of drug-likeness (QED) is 0.787. The molecule has 1 aromatic rings. The van der Waals surface area contributed by atoms with Gasteiger partial charge in [-0.3, -0.25) is 9.59 Å². The number of hydrogen-bond acceptors (Lipinski definition) is 2. The molecule has 0 aromatic carbocycles. The van der Waals surface area contributed by atoms with Crippen molar-refractivity contribution in [1.29, 1.82) is 0 Å². The molecule has 2 rings (SSSR count). The number of amides is 1. The lowest BCUT2D eigenvalue weighted by molar-refractivity contribution is 0.0764. The molecule has 0 unspecified atom stereocenters. The number of hydrogen-bond donors (Lipinski definition) is 1. The minimum atomic E-state index is -0.190. The predicted molar refractivity (Wildman–Crippen MR) is 75.1 cm³/mol. The Morgan fingerprint density at radius 1 is 1.32 bits per heavy atom. The van der Waals surface area contributed by atoms with Crippen LogP contribution in [0.3, 0.4) is 0 Å². The summed E-state index contributed by atoms with van der Waals surface area (Å²) in [6.45, 7) is 7.96. The first-order valence-corrected chi connectivity index (χ1v) is 6.55. The normalized spacial score (nSPS) is 16.2. The Labute approximate surface area is 113 Å². The first-order valence-electron chi connectivity index (χ1n) is 6.55. The van der Waals surface area contributed by atoms with Crippen LogP contribution >= 0.6 is 0 Å². The monoisotopic (exact) mass is 260 g/mol. The van der Waals surface area contributed by atoms with Crippen LogP contribution in [-0.4, -0.2) is 28.9 Å². The molecule has 0 saturated heterocycles. The fourth-order valence-electron chi connectivity index (χ4n) is 2.26. The Morgan fingerprint density at radius 2 is 2.05 bits per heavy atom. The van der Waals surface area contributed by atoms with Gasteiger partial charge >= 0.3 is 0 Å². The van der Waals surface area contributed by atoms with E-state index in [0.717, 1.165) is 13.0 Å². The maximum absolute atomic E-state index is 12.2. The Morgan fingerprint density at radius 3 is 2.53 bits per heavy atom. The topological polar surface area (TPSA) is 53.2 Å². The maximum Gasteiger partial charge on any atom is 0.255 e. The summed E-state index contributed by atoms with van der Waals surface area (Å²) in [5.41, 5.74) is 1.92. The van der Waals surface area contributed by atoms with Gasteiger partial charge in [0, 0.05) is 25.4 Å². The molecule has 1 aliphatic rings. The van der Waals surface area contributed by atoms with Gasteiger partial charge in [0.1, 0.15) is 0 Å². The van der Waals surface area contributed by atoms with E-state index in [1.807, 2.05) is 4.90 Å². The lowest BCUT2D eigenvalue weighted by Gasteiger charge is -2.32. The first kappa shape index (κ1) is 13.6. The van der Waals surface area contributed by atoms with Crippen LogP contribution < -0.4 is 5.56 Å². The number of pyridine rings is 1. The van der Waals surface area contributed by atoms with Crippen molar-refractivity contribution in [2.45, 2.75) is 27.2 Å². The summed E-state index contributed by atoms with van der Waals surface area (Å²) in [5, 5.41) is 0. The zero-order valence-electron chi connectivity index (χ0n) is 11.7. The van der Waals surface area contributed by atoms with Crippen LogP contribution in [0, 0.1) is 5.41 Å². The van der Waals surface area contributed by atoms with Gasteiger partial charge in [-0.25, -0.2) is 0 Å². The van der Waals surface area contributed by atoms with Crippen LogP contribution in [0.25, 0.3) is 0 Å². The van der Waals surface area contributed by atoms with Gasteiger partial charge in [0.2, 0.25) is 5.56 Å². The lowest BCUT2D eigenvalue weighted by atomic mass is 9.83. The molecule has 0 atom stereocenters. The number of rotatable bonds is 1. The Kier molecular flexibility index (Phi) is 3.60. The van der Waals surface area contributed by atoms with Gasteiger partial charge in [-0.15, -0.1) is 0 Å². The van der Waals surface area contributed by atoms with Crippen molar-refractivity contribution in [3.63, 3.8) is 0 Å². The summed E-state index contributed by atoms with van der Waals surface area (Å²) in [6, 6.07) is 2.96. The van der Waals surface area contributed by atoms with E-state index in [9.17, 15) is 9.59 Å². The molecule has 1 aliphatic heterocycles. The highest BCUT2D eigenvalue weighted by Crippen LogP contribution is 2.30. The molecule has 19 heavy (non-hydrogen) atoms. The van der Waals surface area contributed by atoms with E-state index in [2.05, 4.69) is 31.8 Å². The molecular formula is C15H20N2O2. The van der Waals surface area contributed by atoms with Crippen molar-refractivity contribution in [1.82, 2.24) is 9.88 Å². The van der Waals surface area contributed by atoms with Gasteiger partial charge in [0.15, 0.2) is 0 Å². The van der Waals surface area contributed by atoms with Gasteiger partial charge in [0.05, 0.1) is 5.56 Å². The van der Waals surface area contributed by atoms with E-state index in [1.165, 1.54) is 17.8 Å². The smallest absolute Gasteiger partial charge is 0.255 e. The van der Waals surface area contributed by atoms with Crippen LogP contribution in [0.15, 0.2) is 34.8 Å². The SMILES string of the molecule is CC(C)(C)C1=CCN(C(=O)c2ccc(=O)[nH]c2)CC1. The van der Waals surface area contributed by atoms with E-state index >= 15 is 0 Å². The second-order valence-electron chi connectivity index (χ2n) is 5.92. The minimum absolute atomic E-state index is 0.0274. The minimum Gasteiger partial charge on any atom is -0.335 e. The summed E-state index contributed by atoms with van der Waals surface area (Å²) in [7, 11) is 0. The van der Waals surface area contributed by atoms with Crippen molar-refractivity contribution in [2.24, 2.45) is 5.41 Å². The average Bonchev–Trinajstić information content (AvgIpc) is 2.38. The average molecular weight is 260 g/mol. The summed E-state index contributed by atoms with van der Waals surface area (Å²) in [5.74, 6) is -0.0274. The second-order valence-corrected chi connectivity index (χ2v) is 5.92. The lowest BCUT2D eigenvalue weighted by Crippen LogP contribution is -2.36. The Balaban J connectivity index is 2.09. The van der Waals surface area contributed by atoms with E-state index < -0.39 is 0 Å². The van der Waals surface area contributed by atoms with Crippen LogP contribution in [0.1, 0.15) is 37.6 Å². The molecule has 0 spiro atoms. The van der Waals surface area contributed by atoms with Crippen LogP contribution in [-0.2, 0) is 0 Å². The van der Waals surface area contributed by atoms with Crippen LogP contribution in [0.5, 0.6) is 0 Å². The van der Waals surface area contributed by atoms with Gasteiger partial charge in [-0.05, 0) is 17.9 Å². The van der Waals surface area contributed by atoms with Gasteiger partial charge in [0.25, 0.3) is 5.91 Å². The molecule has 1 N–H and O–H groups in total. The summed E-state index contributed by atoms with van der Waals surface area (Å²) in [6.07, 6.45) is 4.54. The van der Waals surface area contributed by atoms with E-state index in [1.54, 1.807) is 6.07 Å². The molecule has 0 fully saturated rings. The van der Waals surface area contributed by atoms with Crippen molar-refractivity contribution in [2.75, 3.05) is 13.1 Å². The van der Waals surface area contributed by atoms with E-state index in [-0.39, 0.29) is 16.9 Å². The van der Waals surface area contributed by atoms with Crippen molar-refractivity contribution in [3.05, 3.63) is 45.9 Å². The highest BCUT2D eigenvalue weighted by Gasteiger charge is 2.24. The van der Waals surface area contributed by atoms with Crippen LogP contribution in [0.4, 0.5) is 0 Å². The number of aromatic amines is 1. The number of nitrogens with one attached hydrogen (secondary N) is 1. The highest BCUT2D eigenvalue weighted by atomic mass is 16.2. The fraction of sp³-hybridized carbons (Fsp3) is 0.467. The predicted octanol–water partition coefficient (Wildman–Crippen LogP) is 2.19. The third kappa shape index (κ3) is 3.13. The molecule has 1 aromatic heterocycles. The van der Waals surface area contributed by atoms with Gasteiger partial charge in [-0.1, -0.05) is 32.4 Å². The fourth-order valence-corrected chi connectivity index (χ4v) is 2.26. The summed E-state index contributed by atoms with van der Waals surface area (Å²) < 4.78 is 0. The zero-order valence-corrected chi connectivity index (χ0v) is 11.7. The first-order chi connectivity index (χ1) is 8.88. The molecule has 0 bridgehead atoms. The number of aromatic nitrogens is 1. The van der Waals surface area contributed by atoms with E-state index in [0.29, 0.717) is 12.1 Å². The molecular weight excluding hydrogens is 240 g/mol. The van der Waals surface area contributed by atoms with Crippen LogP contribution in [0.2, 0.25) is 0 Å². The summed E-state index contributed by atoms with van der Waals surface area (Å²) >= 11 is 0. The molecule has 1 amide bonds. The summed E-state index contributed by atoms with van der Waals surface area (Å²) in [4.78, 5) is 27.6. The molecule has 0 saturated carbocycles. The number of H-pyrrole nitrogens is 1. The molecule has 2 heterocycles. The second kappa shape index (κ2) is 5.03. The number of carbonyl (C=O) groups excluding carboxylic acids is 1. The Bertz CT molecular complexity index is 544. The molecule has 0 radical (unpaired) electrons. The maximum atomic E-state index is 12.2. The largest absolute Gasteiger partial charge is 0.335 e. The van der Waals surface area contributed by atoms with Gasteiger partial charge < -0.3 is 9.88 Å².